The first-order chi connectivity index (χ1) is 10.6. The van der Waals surface area contributed by atoms with Gasteiger partial charge in [0.1, 0.15) is 6.54 Å². The number of nitrogens with one attached hydrogen (secondary N) is 2. The molecule has 0 fully saturated rings. The van der Waals surface area contributed by atoms with Crippen LogP contribution in [0.15, 0.2) is 41.8 Å². The van der Waals surface area contributed by atoms with Crippen molar-refractivity contribution in [2.45, 2.75) is 32.7 Å². The number of carbonyl (C=O) groups is 1. The molecule has 2 rings (SSSR count). The normalized spacial score (nSPS) is 13.6. The molecule has 0 bridgehead atoms. The Hall–Kier alpha value is -1.65. The number of likely N-dealkylation sites (N-methyl/N-ethyl adjacent to an activating group) is 1. The quantitative estimate of drug-likeness (QED) is 0.809. The van der Waals surface area contributed by atoms with Crippen molar-refractivity contribution < 1.29 is 9.69 Å². The van der Waals surface area contributed by atoms with E-state index >= 15 is 0 Å². The SMILES string of the molecule is CC[C@@H](C)c1ccc(NC(=O)C[NH+](C)Cc2cccs2)cc1. The minimum absolute atomic E-state index is 0.0605. The highest BCUT2D eigenvalue weighted by Crippen LogP contribution is 2.20. The summed E-state index contributed by atoms with van der Waals surface area (Å²) >= 11 is 1.74. The van der Waals surface area contributed by atoms with Crippen molar-refractivity contribution in [3.05, 3.63) is 52.2 Å². The lowest BCUT2D eigenvalue weighted by Crippen LogP contribution is -3.08. The van der Waals surface area contributed by atoms with Crippen LogP contribution in [-0.2, 0) is 11.3 Å². The molecule has 1 amide bonds. The van der Waals surface area contributed by atoms with Crippen LogP contribution in [0.25, 0.3) is 0 Å². The molecule has 0 spiro atoms. The molecule has 22 heavy (non-hydrogen) atoms. The summed E-state index contributed by atoms with van der Waals surface area (Å²) in [6.45, 7) is 5.77. The Labute approximate surface area is 137 Å². The lowest BCUT2D eigenvalue weighted by Gasteiger charge is -2.13. The monoisotopic (exact) mass is 317 g/mol. The number of anilines is 1. The average molecular weight is 317 g/mol. The van der Waals surface area contributed by atoms with Gasteiger partial charge in [-0.3, -0.25) is 4.79 Å². The minimum Gasteiger partial charge on any atom is -0.325 e. The molecule has 2 atom stereocenters. The van der Waals surface area contributed by atoms with Gasteiger partial charge in [-0.2, -0.15) is 0 Å². The Morgan fingerprint density at radius 1 is 1.27 bits per heavy atom. The number of hydrogen-bond donors (Lipinski definition) is 2. The van der Waals surface area contributed by atoms with Crippen molar-refractivity contribution >= 4 is 22.9 Å². The molecule has 4 heteroatoms. The maximum Gasteiger partial charge on any atom is 0.279 e. The topological polar surface area (TPSA) is 33.5 Å². The highest BCUT2D eigenvalue weighted by molar-refractivity contribution is 7.09. The summed E-state index contributed by atoms with van der Waals surface area (Å²) in [6.07, 6.45) is 1.13. The standard InChI is InChI=1S/C18H24N2OS/c1-4-14(2)15-7-9-16(10-8-15)19-18(21)13-20(3)12-17-6-5-11-22-17/h5-11,14H,4,12-13H2,1-3H3,(H,19,21)/p+1/t14-/m1/s1. The van der Waals surface area contributed by atoms with Gasteiger partial charge in [-0.25, -0.2) is 0 Å². The molecule has 118 valence electrons. The van der Waals surface area contributed by atoms with E-state index in [0.29, 0.717) is 12.5 Å². The summed E-state index contributed by atoms with van der Waals surface area (Å²) in [5.41, 5.74) is 2.20. The van der Waals surface area contributed by atoms with Gasteiger partial charge in [-0.15, -0.1) is 11.3 Å². The van der Waals surface area contributed by atoms with E-state index in [-0.39, 0.29) is 5.91 Å². The van der Waals surface area contributed by atoms with Gasteiger partial charge in [0, 0.05) is 5.69 Å². The molecule has 0 saturated carbocycles. The lowest BCUT2D eigenvalue weighted by atomic mass is 9.99. The van der Waals surface area contributed by atoms with Gasteiger partial charge in [0.15, 0.2) is 6.54 Å². The van der Waals surface area contributed by atoms with E-state index in [4.69, 9.17) is 0 Å². The van der Waals surface area contributed by atoms with Gasteiger partial charge in [-0.05, 0) is 41.5 Å². The second-order valence-corrected chi connectivity index (χ2v) is 6.90. The van der Waals surface area contributed by atoms with E-state index in [1.807, 2.05) is 25.2 Å². The van der Waals surface area contributed by atoms with E-state index in [1.54, 1.807) is 11.3 Å². The van der Waals surface area contributed by atoms with Crippen LogP contribution in [0.5, 0.6) is 0 Å². The molecule has 0 aliphatic heterocycles. The van der Waals surface area contributed by atoms with Gasteiger partial charge in [0.05, 0.1) is 11.9 Å². The number of quaternary nitrogens is 1. The molecule has 0 saturated heterocycles. The zero-order valence-corrected chi connectivity index (χ0v) is 14.4. The van der Waals surface area contributed by atoms with Crippen LogP contribution in [0.4, 0.5) is 5.69 Å². The molecular formula is C18H25N2OS+. The molecule has 0 radical (unpaired) electrons. The van der Waals surface area contributed by atoms with Crippen molar-refractivity contribution in [1.82, 2.24) is 0 Å². The van der Waals surface area contributed by atoms with E-state index in [1.165, 1.54) is 15.3 Å². The number of thiophene rings is 1. The first-order valence-electron chi connectivity index (χ1n) is 7.82. The highest BCUT2D eigenvalue weighted by atomic mass is 32.1. The number of hydrogen-bond acceptors (Lipinski definition) is 2. The molecule has 0 aliphatic carbocycles. The first-order valence-corrected chi connectivity index (χ1v) is 8.70. The molecule has 0 aliphatic rings. The summed E-state index contributed by atoms with van der Waals surface area (Å²) in [5, 5.41) is 5.05. The van der Waals surface area contributed by atoms with Crippen molar-refractivity contribution in [2.24, 2.45) is 0 Å². The Bertz CT molecular complexity index is 578. The molecular weight excluding hydrogens is 292 g/mol. The van der Waals surface area contributed by atoms with Crippen LogP contribution in [0, 0.1) is 0 Å². The summed E-state index contributed by atoms with van der Waals surface area (Å²) in [6, 6.07) is 12.4. The molecule has 2 aromatic rings. The maximum absolute atomic E-state index is 12.1. The Morgan fingerprint density at radius 2 is 2.00 bits per heavy atom. The number of benzene rings is 1. The fourth-order valence-corrected chi connectivity index (χ4v) is 3.20. The zero-order chi connectivity index (χ0) is 15.9. The second kappa shape index (κ2) is 8.11. The fraction of sp³-hybridized carbons (Fsp3) is 0.389. The number of rotatable bonds is 7. The summed E-state index contributed by atoms with van der Waals surface area (Å²) in [7, 11) is 2.05. The van der Waals surface area contributed by atoms with Crippen molar-refractivity contribution in [1.29, 1.82) is 0 Å². The van der Waals surface area contributed by atoms with Crippen LogP contribution < -0.4 is 10.2 Å². The summed E-state index contributed by atoms with van der Waals surface area (Å²) in [5.74, 6) is 0.622. The van der Waals surface area contributed by atoms with Crippen molar-refractivity contribution in [3.63, 3.8) is 0 Å². The summed E-state index contributed by atoms with van der Waals surface area (Å²) < 4.78 is 0. The van der Waals surface area contributed by atoms with Crippen molar-refractivity contribution in [2.75, 3.05) is 18.9 Å². The summed E-state index contributed by atoms with van der Waals surface area (Å²) in [4.78, 5) is 14.6. The third-order valence-corrected chi connectivity index (χ3v) is 4.77. The van der Waals surface area contributed by atoms with Gasteiger partial charge in [0.25, 0.3) is 5.91 Å². The predicted octanol–water partition coefficient (Wildman–Crippen LogP) is 2.92. The zero-order valence-electron chi connectivity index (χ0n) is 13.6. The van der Waals surface area contributed by atoms with Crippen LogP contribution >= 0.6 is 11.3 Å². The van der Waals surface area contributed by atoms with E-state index in [2.05, 4.69) is 42.7 Å². The van der Waals surface area contributed by atoms with Gasteiger partial charge in [-0.1, -0.05) is 32.0 Å². The molecule has 1 heterocycles. The molecule has 1 unspecified atom stereocenters. The van der Waals surface area contributed by atoms with Crippen LogP contribution in [-0.4, -0.2) is 19.5 Å². The molecule has 3 nitrogen and oxygen atoms in total. The fourth-order valence-electron chi connectivity index (χ4n) is 2.38. The second-order valence-electron chi connectivity index (χ2n) is 5.87. The predicted molar refractivity (Wildman–Crippen MR) is 93.6 cm³/mol. The smallest absolute Gasteiger partial charge is 0.279 e. The van der Waals surface area contributed by atoms with Gasteiger partial charge < -0.3 is 10.2 Å². The Kier molecular flexibility index (Phi) is 6.16. The van der Waals surface area contributed by atoms with E-state index in [9.17, 15) is 4.79 Å². The molecule has 2 N–H and O–H groups in total. The van der Waals surface area contributed by atoms with Crippen molar-refractivity contribution in [3.8, 4) is 0 Å². The Balaban J connectivity index is 1.83. The first kappa shape index (κ1) is 16.7. The van der Waals surface area contributed by atoms with E-state index in [0.717, 1.165) is 18.7 Å². The van der Waals surface area contributed by atoms with Gasteiger partial charge >= 0.3 is 0 Å². The van der Waals surface area contributed by atoms with Gasteiger partial charge in [0.2, 0.25) is 0 Å². The van der Waals surface area contributed by atoms with Crippen LogP contribution in [0.2, 0.25) is 0 Å². The molecule has 1 aromatic heterocycles. The van der Waals surface area contributed by atoms with E-state index < -0.39 is 0 Å². The molecule has 1 aromatic carbocycles. The third kappa shape index (κ3) is 4.97. The maximum atomic E-state index is 12.1. The lowest BCUT2D eigenvalue weighted by molar-refractivity contribution is -0.884. The van der Waals surface area contributed by atoms with Crippen LogP contribution in [0.1, 0.15) is 36.6 Å². The third-order valence-electron chi connectivity index (χ3n) is 3.89. The highest BCUT2D eigenvalue weighted by Gasteiger charge is 2.11. The average Bonchev–Trinajstić information content (AvgIpc) is 2.99. The number of amides is 1. The number of carbonyl (C=O) groups excluding carboxylic acids is 1. The van der Waals surface area contributed by atoms with Crippen LogP contribution in [0.3, 0.4) is 0 Å². The Morgan fingerprint density at radius 3 is 2.59 bits per heavy atom. The minimum atomic E-state index is 0.0605. The largest absolute Gasteiger partial charge is 0.325 e.